The van der Waals surface area contributed by atoms with Gasteiger partial charge in [0.1, 0.15) is 5.82 Å². The molecule has 146 valence electrons. The molecule has 2 saturated carbocycles. The van der Waals surface area contributed by atoms with Gasteiger partial charge in [-0.3, -0.25) is 9.59 Å². The molecule has 1 aromatic rings. The third-order valence-corrected chi connectivity index (χ3v) is 6.71. The van der Waals surface area contributed by atoms with Gasteiger partial charge in [-0.2, -0.15) is 0 Å². The van der Waals surface area contributed by atoms with Gasteiger partial charge in [0.25, 0.3) is 5.91 Å². The van der Waals surface area contributed by atoms with Crippen molar-refractivity contribution in [2.24, 2.45) is 23.5 Å². The molecule has 4 rings (SSSR count). The summed E-state index contributed by atoms with van der Waals surface area (Å²) >= 11 is 0. The molecule has 2 N–H and O–H groups in total. The van der Waals surface area contributed by atoms with E-state index in [1.165, 1.54) is 18.6 Å². The van der Waals surface area contributed by atoms with Crippen molar-refractivity contribution in [3.05, 3.63) is 35.6 Å². The number of fused-ring (bicyclic) bond motifs is 2. The van der Waals surface area contributed by atoms with Gasteiger partial charge in [-0.1, -0.05) is 12.5 Å². The second-order valence-corrected chi connectivity index (χ2v) is 8.32. The van der Waals surface area contributed by atoms with Crippen LogP contribution in [-0.2, 0) is 4.79 Å². The standard InChI is InChI=1S/C21H28FN3O2/c22-18-6-2-5-16(13-18)20(26)24-7-9-25(10-8-24)21(27)17-11-14-3-1-4-15(12-17)19(14)23/h2,5-6,13-15,17,19H,1,3-4,7-12,23H2. The monoisotopic (exact) mass is 373 g/mol. The summed E-state index contributed by atoms with van der Waals surface area (Å²) in [7, 11) is 0. The molecule has 0 radical (unpaired) electrons. The summed E-state index contributed by atoms with van der Waals surface area (Å²) in [5.74, 6) is 0.724. The zero-order chi connectivity index (χ0) is 19.0. The molecule has 5 nitrogen and oxygen atoms in total. The first-order valence-corrected chi connectivity index (χ1v) is 10.1. The molecule has 1 aromatic carbocycles. The van der Waals surface area contributed by atoms with Crippen molar-refractivity contribution in [1.29, 1.82) is 0 Å². The van der Waals surface area contributed by atoms with Crippen LogP contribution in [0.5, 0.6) is 0 Å². The first-order chi connectivity index (χ1) is 13.0. The Labute approximate surface area is 159 Å². The van der Waals surface area contributed by atoms with Crippen LogP contribution in [0.4, 0.5) is 4.39 Å². The zero-order valence-electron chi connectivity index (χ0n) is 15.6. The summed E-state index contributed by atoms with van der Waals surface area (Å²) in [6.45, 7) is 2.11. The van der Waals surface area contributed by atoms with Crippen molar-refractivity contribution >= 4 is 11.8 Å². The SMILES string of the molecule is NC1C2CCCC1CC(C(=O)N1CCN(C(=O)c3cccc(F)c3)CC1)C2. The first kappa shape index (κ1) is 18.4. The van der Waals surface area contributed by atoms with Crippen LogP contribution >= 0.6 is 0 Å². The van der Waals surface area contributed by atoms with Crippen molar-refractivity contribution in [1.82, 2.24) is 9.80 Å². The molecule has 2 amide bonds. The minimum atomic E-state index is -0.407. The molecule has 1 saturated heterocycles. The van der Waals surface area contributed by atoms with Gasteiger partial charge in [-0.15, -0.1) is 0 Å². The molecule has 3 fully saturated rings. The fourth-order valence-corrected chi connectivity index (χ4v) is 5.18. The van der Waals surface area contributed by atoms with Gasteiger partial charge in [-0.25, -0.2) is 4.39 Å². The van der Waals surface area contributed by atoms with E-state index in [0.29, 0.717) is 43.6 Å². The highest BCUT2D eigenvalue weighted by atomic mass is 19.1. The van der Waals surface area contributed by atoms with Gasteiger partial charge >= 0.3 is 0 Å². The average molecular weight is 373 g/mol. The fraction of sp³-hybridized carbons (Fsp3) is 0.619. The molecular weight excluding hydrogens is 345 g/mol. The van der Waals surface area contributed by atoms with E-state index >= 15 is 0 Å². The smallest absolute Gasteiger partial charge is 0.254 e. The van der Waals surface area contributed by atoms with Gasteiger partial charge in [0.05, 0.1) is 0 Å². The lowest BCUT2D eigenvalue weighted by Gasteiger charge is -2.45. The van der Waals surface area contributed by atoms with E-state index in [9.17, 15) is 14.0 Å². The van der Waals surface area contributed by atoms with E-state index in [4.69, 9.17) is 5.73 Å². The van der Waals surface area contributed by atoms with Crippen LogP contribution in [0.15, 0.2) is 24.3 Å². The number of hydrogen-bond donors (Lipinski definition) is 1. The Kier molecular flexibility index (Phi) is 5.17. The quantitative estimate of drug-likeness (QED) is 0.865. The fourth-order valence-electron chi connectivity index (χ4n) is 5.18. The second kappa shape index (κ2) is 7.58. The lowest BCUT2D eigenvalue weighted by molar-refractivity contribution is -0.140. The molecule has 2 unspecified atom stereocenters. The highest BCUT2D eigenvalue weighted by Gasteiger charge is 2.42. The van der Waals surface area contributed by atoms with Gasteiger partial charge < -0.3 is 15.5 Å². The molecule has 2 atom stereocenters. The number of nitrogens with zero attached hydrogens (tertiary/aromatic N) is 2. The van der Waals surface area contributed by atoms with E-state index < -0.39 is 5.82 Å². The number of halogens is 1. The molecule has 1 heterocycles. The summed E-state index contributed by atoms with van der Waals surface area (Å²) in [4.78, 5) is 29.2. The van der Waals surface area contributed by atoms with Crippen molar-refractivity contribution in [2.75, 3.05) is 26.2 Å². The van der Waals surface area contributed by atoms with Crippen LogP contribution < -0.4 is 5.73 Å². The molecule has 0 aromatic heterocycles. The lowest BCUT2D eigenvalue weighted by atomic mass is 9.65. The number of amides is 2. The number of carbonyl (C=O) groups excluding carboxylic acids is 2. The third kappa shape index (κ3) is 3.72. The second-order valence-electron chi connectivity index (χ2n) is 8.32. The molecule has 2 aliphatic carbocycles. The van der Waals surface area contributed by atoms with Crippen LogP contribution in [0, 0.1) is 23.6 Å². The van der Waals surface area contributed by atoms with Gasteiger partial charge in [0, 0.05) is 43.7 Å². The summed E-state index contributed by atoms with van der Waals surface area (Å²) in [5, 5.41) is 0. The maximum Gasteiger partial charge on any atom is 0.254 e. The van der Waals surface area contributed by atoms with Crippen LogP contribution in [0.1, 0.15) is 42.5 Å². The number of nitrogens with two attached hydrogens (primary N) is 1. The van der Waals surface area contributed by atoms with Crippen LogP contribution in [0.25, 0.3) is 0 Å². The number of carbonyl (C=O) groups is 2. The Morgan fingerprint density at radius 3 is 2.26 bits per heavy atom. The Hall–Kier alpha value is -1.95. The Bertz CT molecular complexity index is 703. The Morgan fingerprint density at radius 1 is 1.00 bits per heavy atom. The van der Waals surface area contributed by atoms with Crippen molar-refractivity contribution < 1.29 is 14.0 Å². The van der Waals surface area contributed by atoms with Crippen molar-refractivity contribution in [3.8, 4) is 0 Å². The molecular formula is C21H28FN3O2. The zero-order valence-corrected chi connectivity index (χ0v) is 15.6. The van der Waals surface area contributed by atoms with E-state index in [0.717, 1.165) is 25.7 Å². The number of benzene rings is 1. The third-order valence-electron chi connectivity index (χ3n) is 6.71. The van der Waals surface area contributed by atoms with E-state index in [2.05, 4.69) is 0 Å². The minimum Gasteiger partial charge on any atom is -0.339 e. The Balaban J connectivity index is 1.34. The summed E-state index contributed by atoms with van der Waals surface area (Å²) in [6.07, 6.45) is 5.37. The average Bonchev–Trinajstić information content (AvgIpc) is 2.67. The number of piperazine rings is 1. The van der Waals surface area contributed by atoms with E-state index in [-0.39, 0.29) is 23.8 Å². The Morgan fingerprint density at radius 2 is 1.63 bits per heavy atom. The van der Waals surface area contributed by atoms with Gasteiger partial charge in [0.2, 0.25) is 5.91 Å². The normalized spacial score (nSPS) is 30.9. The predicted octanol–water partition coefficient (Wildman–Crippen LogP) is 2.26. The van der Waals surface area contributed by atoms with Gasteiger partial charge in [0.15, 0.2) is 0 Å². The van der Waals surface area contributed by atoms with E-state index in [1.54, 1.807) is 17.0 Å². The highest BCUT2D eigenvalue weighted by molar-refractivity contribution is 5.94. The summed E-state index contributed by atoms with van der Waals surface area (Å²) in [6, 6.07) is 6.05. The maximum atomic E-state index is 13.4. The summed E-state index contributed by atoms with van der Waals surface area (Å²) in [5.41, 5.74) is 6.71. The van der Waals surface area contributed by atoms with Gasteiger partial charge in [-0.05, 0) is 55.7 Å². The van der Waals surface area contributed by atoms with Crippen LogP contribution in [0.2, 0.25) is 0 Å². The maximum absolute atomic E-state index is 13.4. The highest BCUT2D eigenvalue weighted by Crippen LogP contribution is 2.42. The minimum absolute atomic E-state index is 0.0885. The molecule has 0 spiro atoms. The molecule has 3 aliphatic rings. The molecule has 6 heteroatoms. The van der Waals surface area contributed by atoms with Crippen molar-refractivity contribution in [2.45, 2.75) is 38.1 Å². The topological polar surface area (TPSA) is 66.6 Å². The predicted molar refractivity (Wildman–Crippen MR) is 100 cm³/mol. The lowest BCUT2D eigenvalue weighted by Crippen LogP contribution is -2.54. The van der Waals surface area contributed by atoms with E-state index in [1.807, 2.05) is 4.90 Å². The molecule has 1 aliphatic heterocycles. The summed E-state index contributed by atoms with van der Waals surface area (Å²) < 4.78 is 13.4. The van der Waals surface area contributed by atoms with Crippen molar-refractivity contribution in [3.63, 3.8) is 0 Å². The largest absolute Gasteiger partial charge is 0.339 e. The first-order valence-electron chi connectivity index (χ1n) is 10.1. The molecule has 27 heavy (non-hydrogen) atoms. The number of rotatable bonds is 2. The molecule has 2 bridgehead atoms. The van der Waals surface area contributed by atoms with Crippen LogP contribution in [-0.4, -0.2) is 53.8 Å². The van der Waals surface area contributed by atoms with Crippen LogP contribution in [0.3, 0.4) is 0 Å². The number of hydrogen-bond acceptors (Lipinski definition) is 3.